The van der Waals surface area contributed by atoms with Gasteiger partial charge in [-0.15, -0.1) is 0 Å². The van der Waals surface area contributed by atoms with Crippen molar-refractivity contribution in [3.63, 3.8) is 0 Å². The van der Waals surface area contributed by atoms with Crippen LogP contribution in [0.4, 0.5) is 17.6 Å². The SMILES string of the molecule is CC(C)(COc1c(F)c(F)cc(F)c1F)CS(N)(=O)=O. The summed E-state index contributed by atoms with van der Waals surface area (Å²) >= 11 is 0. The molecule has 0 unspecified atom stereocenters. The number of primary sulfonamides is 1. The second-order valence-electron chi connectivity index (χ2n) is 5.06. The zero-order valence-electron chi connectivity index (χ0n) is 10.7. The summed E-state index contributed by atoms with van der Waals surface area (Å²) in [5, 5.41) is 4.85. The van der Waals surface area contributed by atoms with E-state index in [-0.39, 0.29) is 6.07 Å². The minimum absolute atomic E-state index is 0.0486. The lowest BCUT2D eigenvalue weighted by Gasteiger charge is -2.23. The first-order valence-corrected chi connectivity index (χ1v) is 7.11. The maximum Gasteiger partial charge on any atom is 0.209 e. The van der Waals surface area contributed by atoms with Crippen molar-refractivity contribution in [3.8, 4) is 5.75 Å². The molecule has 0 aliphatic heterocycles. The third kappa shape index (κ3) is 4.34. The third-order valence-corrected chi connectivity index (χ3v) is 3.45. The van der Waals surface area contributed by atoms with Crippen molar-refractivity contribution in [2.75, 3.05) is 12.4 Å². The van der Waals surface area contributed by atoms with Gasteiger partial charge in [0.15, 0.2) is 17.4 Å². The monoisotopic (exact) mass is 315 g/mol. The van der Waals surface area contributed by atoms with Crippen molar-refractivity contribution in [1.82, 2.24) is 0 Å². The van der Waals surface area contributed by atoms with Gasteiger partial charge in [0.1, 0.15) is 0 Å². The summed E-state index contributed by atoms with van der Waals surface area (Å²) < 4.78 is 79.1. The van der Waals surface area contributed by atoms with Gasteiger partial charge in [-0.2, -0.15) is 8.78 Å². The summed E-state index contributed by atoms with van der Waals surface area (Å²) in [6, 6.07) is 0.0486. The molecule has 0 atom stereocenters. The number of halogens is 4. The summed E-state index contributed by atoms with van der Waals surface area (Å²) in [4.78, 5) is 0. The fourth-order valence-corrected chi connectivity index (χ4v) is 2.70. The van der Waals surface area contributed by atoms with Crippen molar-refractivity contribution < 1.29 is 30.7 Å². The first kappa shape index (κ1) is 16.7. The number of rotatable bonds is 5. The van der Waals surface area contributed by atoms with E-state index < -0.39 is 56.8 Å². The molecule has 0 aliphatic rings. The quantitative estimate of drug-likeness (QED) is 0.667. The fraction of sp³-hybridized carbons (Fsp3) is 0.455. The van der Waals surface area contributed by atoms with Crippen LogP contribution >= 0.6 is 0 Å². The van der Waals surface area contributed by atoms with E-state index in [0.29, 0.717) is 0 Å². The second kappa shape index (κ2) is 5.57. The molecule has 1 aromatic rings. The van der Waals surface area contributed by atoms with Crippen LogP contribution in [-0.2, 0) is 10.0 Å². The maximum absolute atomic E-state index is 13.3. The van der Waals surface area contributed by atoms with Gasteiger partial charge < -0.3 is 4.74 Å². The van der Waals surface area contributed by atoms with Gasteiger partial charge in [-0.3, -0.25) is 0 Å². The molecular formula is C11H13F4NO3S. The Kier molecular flexibility index (Phi) is 4.65. The minimum atomic E-state index is -3.84. The second-order valence-corrected chi connectivity index (χ2v) is 6.67. The first-order valence-electron chi connectivity index (χ1n) is 5.39. The highest BCUT2D eigenvalue weighted by molar-refractivity contribution is 7.89. The Labute approximate surface area is 113 Å². The summed E-state index contributed by atoms with van der Waals surface area (Å²) in [5.41, 5.74) is -1.10. The van der Waals surface area contributed by atoms with Crippen molar-refractivity contribution in [3.05, 3.63) is 29.3 Å². The zero-order chi connectivity index (χ0) is 15.7. The van der Waals surface area contributed by atoms with Crippen LogP contribution in [-0.4, -0.2) is 20.8 Å². The Hall–Kier alpha value is -1.35. The number of ether oxygens (including phenoxy) is 1. The number of sulfonamides is 1. The minimum Gasteiger partial charge on any atom is -0.487 e. The maximum atomic E-state index is 13.3. The molecule has 0 saturated carbocycles. The van der Waals surface area contributed by atoms with Crippen LogP contribution in [0.3, 0.4) is 0 Å². The van der Waals surface area contributed by atoms with Crippen LogP contribution in [0, 0.1) is 28.7 Å². The topological polar surface area (TPSA) is 69.4 Å². The highest BCUT2D eigenvalue weighted by atomic mass is 32.2. The van der Waals surface area contributed by atoms with Crippen LogP contribution in [0.2, 0.25) is 0 Å². The fourth-order valence-electron chi connectivity index (χ4n) is 1.53. The van der Waals surface area contributed by atoms with Crippen molar-refractivity contribution in [1.29, 1.82) is 0 Å². The van der Waals surface area contributed by atoms with Gasteiger partial charge in [0.2, 0.25) is 21.7 Å². The van der Waals surface area contributed by atoms with Gasteiger partial charge in [0.25, 0.3) is 0 Å². The number of benzene rings is 1. The highest BCUT2D eigenvalue weighted by Crippen LogP contribution is 2.28. The molecule has 0 fully saturated rings. The summed E-state index contributed by atoms with van der Waals surface area (Å²) in [7, 11) is -3.84. The first-order chi connectivity index (χ1) is 8.93. The van der Waals surface area contributed by atoms with Gasteiger partial charge in [-0.1, -0.05) is 13.8 Å². The molecular weight excluding hydrogens is 302 g/mol. The van der Waals surface area contributed by atoms with Crippen LogP contribution in [0.15, 0.2) is 6.07 Å². The molecule has 0 spiro atoms. The van der Waals surface area contributed by atoms with E-state index >= 15 is 0 Å². The molecule has 114 valence electrons. The molecule has 20 heavy (non-hydrogen) atoms. The molecule has 0 bridgehead atoms. The summed E-state index contributed by atoms with van der Waals surface area (Å²) in [6.45, 7) is 2.31. The summed E-state index contributed by atoms with van der Waals surface area (Å²) in [6.07, 6.45) is 0. The van der Waals surface area contributed by atoms with Crippen LogP contribution in [0.1, 0.15) is 13.8 Å². The Balaban J connectivity index is 2.96. The predicted molar refractivity (Wildman–Crippen MR) is 63.5 cm³/mol. The molecule has 9 heteroatoms. The average molecular weight is 315 g/mol. The smallest absolute Gasteiger partial charge is 0.209 e. The molecule has 0 saturated heterocycles. The number of nitrogens with two attached hydrogens (primary N) is 1. The van der Waals surface area contributed by atoms with Gasteiger partial charge in [0, 0.05) is 11.5 Å². The van der Waals surface area contributed by atoms with Crippen LogP contribution < -0.4 is 9.88 Å². The number of hydrogen-bond acceptors (Lipinski definition) is 3. The van der Waals surface area contributed by atoms with Crippen molar-refractivity contribution in [2.45, 2.75) is 13.8 Å². The van der Waals surface area contributed by atoms with Crippen LogP contribution in [0.5, 0.6) is 5.75 Å². The molecule has 1 aromatic carbocycles. The van der Waals surface area contributed by atoms with E-state index in [0.717, 1.165) is 0 Å². The van der Waals surface area contributed by atoms with E-state index in [1.54, 1.807) is 0 Å². The van der Waals surface area contributed by atoms with Gasteiger partial charge in [-0.25, -0.2) is 22.3 Å². The van der Waals surface area contributed by atoms with E-state index in [1.807, 2.05) is 0 Å². The van der Waals surface area contributed by atoms with E-state index in [4.69, 9.17) is 5.14 Å². The third-order valence-electron chi connectivity index (χ3n) is 2.27. The lowest BCUT2D eigenvalue weighted by molar-refractivity contribution is 0.181. The molecule has 0 radical (unpaired) electrons. The van der Waals surface area contributed by atoms with E-state index in [9.17, 15) is 26.0 Å². The average Bonchev–Trinajstić information content (AvgIpc) is 2.23. The number of hydrogen-bond donors (Lipinski definition) is 1. The van der Waals surface area contributed by atoms with Gasteiger partial charge >= 0.3 is 0 Å². The zero-order valence-corrected chi connectivity index (χ0v) is 11.5. The largest absolute Gasteiger partial charge is 0.487 e. The summed E-state index contributed by atoms with van der Waals surface area (Å²) in [5.74, 6) is -8.34. The molecule has 2 N–H and O–H groups in total. The van der Waals surface area contributed by atoms with Crippen LogP contribution in [0.25, 0.3) is 0 Å². The Morgan fingerprint density at radius 3 is 2.00 bits per heavy atom. The standard InChI is InChI=1S/C11H13F4NO3S/c1-11(2,5-20(16,17)18)4-19-10-8(14)6(12)3-7(13)9(10)15/h3H,4-5H2,1-2H3,(H2,16,17,18). The van der Waals surface area contributed by atoms with E-state index in [2.05, 4.69) is 4.74 Å². The Morgan fingerprint density at radius 2 is 1.60 bits per heavy atom. The normalized spacial score (nSPS) is 12.6. The lowest BCUT2D eigenvalue weighted by Crippen LogP contribution is -2.34. The lowest BCUT2D eigenvalue weighted by atomic mass is 9.98. The highest BCUT2D eigenvalue weighted by Gasteiger charge is 2.28. The van der Waals surface area contributed by atoms with Gasteiger partial charge in [-0.05, 0) is 0 Å². The molecule has 4 nitrogen and oxygen atoms in total. The predicted octanol–water partition coefficient (Wildman–Crippen LogP) is 1.94. The Morgan fingerprint density at radius 1 is 1.15 bits per heavy atom. The molecule has 0 amide bonds. The molecule has 0 aliphatic carbocycles. The molecule has 1 rings (SSSR count). The van der Waals surface area contributed by atoms with Crippen molar-refractivity contribution in [2.24, 2.45) is 10.6 Å². The van der Waals surface area contributed by atoms with Gasteiger partial charge in [0.05, 0.1) is 12.4 Å². The molecule has 0 aromatic heterocycles. The van der Waals surface area contributed by atoms with E-state index in [1.165, 1.54) is 13.8 Å². The van der Waals surface area contributed by atoms with Crippen molar-refractivity contribution >= 4 is 10.0 Å². The Bertz CT molecular complexity index is 590. The molecule has 0 heterocycles.